The van der Waals surface area contributed by atoms with Crippen molar-refractivity contribution < 1.29 is 19.4 Å². The number of carbonyl (C=O) groups is 2. The molecule has 0 saturated carbocycles. The second kappa shape index (κ2) is 9.78. The van der Waals surface area contributed by atoms with Crippen LogP contribution in [0.15, 0.2) is 54.6 Å². The minimum absolute atomic E-state index is 0.138. The number of nitrogens with two attached hydrogens (primary N) is 2. The number of carboxylic acid groups (broad SMARTS) is 1. The number of hydrogen-bond donors (Lipinski definition) is 4. The van der Waals surface area contributed by atoms with Gasteiger partial charge in [0.2, 0.25) is 0 Å². The predicted octanol–water partition coefficient (Wildman–Crippen LogP) is 2.53. The summed E-state index contributed by atoms with van der Waals surface area (Å²) in [6, 6.07) is 11.2. The first-order valence-corrected chi connectivity index (χ1v) is 11.1. The maximum absolute atomic E-state index is 12.0. The number of likely N-dealkylation sites (tertiary alicyclic amines) is 1. The molecule has 1 amide bonds. The number of para-hydroxylation sites is 1. The zero-order valence-corrected chi connectivity index (χ0v) is 18.6. The van der Waals surface area contributed by atoms with Crippen molar-refractivity contribution in [3.05, 3.63) is 71.6 Å². The Morgan fingerprint density at radius 2 is 2.00 bits per heavy atom. The SMILES string of the molecule is N=C(N)c1c(N)cc(C2CCCN(C(=O)C(=O)O)C2)nc1C1=CCC(Oc2ccccc2)C=C1. The van der Waals surface area contributed by atoms with E-state index in [0.717, 1.165) is 17.7 Å². The lowest BCUT2D eigenvalue weighted by Crippen LogP contribution is -2.42. The first-order valence-electron chi connectivity index (χ1n) is 11.1. The van der Waals surface area contributed by atoms with E-state index < -0.39 is 11.9 Å². The maximum atomic E-state index is 12.0. The molecule has 2 unspecified atom stereocenters. The van der Waals surface area contributed by atoms with Crippen LogP contribution in [0, 0.1) is 5.41 Å². The van der Waals surface area contributed by atoms with Crippen LogP contribution in [-0.2, 0) is 9.59 Å². The number of rotatable bonds is 5. The number of allylic oxidation sites excluding steroid dienone is 2. The Kier molecular flexibility index (Phi) is 6.62. The molecular formula is C25H27N5O4. The molecule has 0 spiro atoms. The van der Waals surface area contributed by atoms with E-state index in [4.69, 9.17) is 31.7 Å². The van der Waals surface area contributed by atoms with Crippen molar-refractivity contribution in [1.29, 1.82) is 5.41 Å². The second-order valence-corrected chi connectivity index (χ2v) is 8.39. The average molecular weight is 462 g/mol. The highest BCUT2D eigenvalue weighted by molar-refractivity contribution is 6.31. The number of benzene rings is 1. The van der Waals surface area contributed by atoms with Crippen molar-refractivity contribution in [2.45, 2.75) is 31.3 Å². The number of carbonyl (C=O) groups excluding carboxylic acids is 1. The summed E-state index contributed by atoms with van der Waals surface area (Å²) < 4.78 is 5.98. The maximum Gasteiger partial charge on any atom is 0.394 e. The lowest BCUT2D eigenvalue weighted by molar-refractivity contribution is -0.156. The third-order valence-corrected chi connectivity index (χ3v) is 6.01. The van der Waals surface area contributed by atoms with Gasteiger partial charge in [-0.25, -0.2) is 4.79 Å². The first-order chi connectivity index (χ1) is 16.3. The fourth-order valence-electron chi connectivity index (χ4n) is 4.36. The summed E-state index contributed by atoms with van der Waals surface area (Å²) in [4.78, 5) is 29.2. The van der Waals surface area contributed by atoms with E-state index in [-0.39, 0.29) is 24.4 Å². The molecule has 1 fully saturated rings. The topological polar surface area (TPSA) is 156 Å². The molecule has 9 heteroatoms. The number of carboxylic acids is 1. The van der Waals surface area contributed by atoms with Crippen LogP contribution in [-0.4, -0.2) is 51.9 Å². The van der Waals surface area contributed by atoms with E-state index in [9.17, 15) is 9.59 Å². The molecule has 4 rings (SSSR count). The van der Waals surface area contributed by atoms with E-state index in [0.29, 0.717) is 42.0 Å². The highest BCUT2D eigenvalue weighted by atomic mass is 16.5. The Bertz CT molecular complexity index is 1180. The number of nitrogens with zero attached hydrogens (tertiary/aromatic N) is 2. The largest absolute Gasteiger partial charge is 0.486 e. The molecule has 1 aromatic heterocycles. The number of pyridine rings is 1. The van der Waals surface area contributed by atoms with Gasteiger partial charge in [0, 0.05) is 36.8 Å². The minimum atomic E-state index is -1.47. The number of aromatic nitrogens is 1. The Morgan fingerprint density at radius 3 is 2.65 bits per heavy atom. The average Bonchev–Trinajstić information content (AvgIpc) is 2.84. The van der Waals surface area contributed by atoms with E-state index in [1.807, 2.05) is 48.6 Å². The van der Waals surface area contributed by atoms with Gasteiger partial charge < -0.3 is 26.2 Å². The van der Waals surface area contributed by atoms with Crippen LogP contribution >= 0.6 is 0 Å². The van der Waals surface area contributed by atoms with Crippen molar-refractivity contribution >= 4 is 29.0 Å². The zero-order chi connectivity index (χ0) is 24.2. The minimum Gasteiger partial charge on any atom is -0.486 e. The van der Waals surface area contributed by atoms with Crippen molar-refractivity contribution in [1.82, 2.24) is 9.88 Å². The Balaban J connectivity index is 1.60. The molecule has 2 atom stereocenters. The lowest BCUT2D eigenvalue weighted by atomic mass is 9.91. The predicted molar refractivity (Wildman–Crippen MR) is 128 cm³/mol. The fourth-order valence-corrected chi connectivity index (χ4v) is 4.36. The molecule has 1 aromatic carbocycles. The van der Waals surface area contributed by atoms with Gasteiger partial charge in [0.05, 0.1) is 11.3 Å². The first kappa shape index (κ1) is 23.0. The van der Waals surface area contributed by atoms with Gasteiger partial charge >= 0.3 is 11.9 Å². The van der Waals surface area contributed by atoms with Gasteiger partial charge in [-0.3, -0.25) is 15.2 Å². The fraction of sp³-hybridized carbons (Fsp3) is 0.280. The summed E-state index contributed by atoms with van der Waals surface area (Å²) in [5.41, 5.74) is 14.8. The van der Waals surface area contributed by atoms with Gasteiger partial charge in [0.15, 0.2) is 0 Å². The van der Waals surface area contributed by atoms with Gasteiger partial charge in [-0.1, -0.05) is 30.4 Å². The number of hydrogen-bond acceptors (Lipinski definition) is 6. The standard InChI is InChI=1S/C25H27N5O4/c26-19-13-20(16-5-4-12-30(14-16)24(31)25(32)33)29-22(21(19)23(27)28)15-8-10-18(11-9-15)34-17-6-2-1-3-7-17/h1-3,6-10,13,16,18H,4-5,11-12,14H2,(H2,26,29)(H3,27,28)(H,32,33). The molecule has 0 bridgehead atoms. The van der Waals surface area contributed by atoms with Crippen molar-refractivity contribution in [3.8, 4) is 5.75 Å². The van der Waals surface area contributed by atoms with Crippen molar-refractivity contribution in [2.75, 3.05) is 18.8 Å². The normalized spacial score (nSPS) is 19.9. The van der Waals surface area contributed by atoms with Gasteiger partial charge in [-0.05, 0) is 42.7 Å². The van der Waals surface area contributed by atoms with Crippen LogP contribution in [0.2, 0.25) is 0 Å². The van der Waals surface area contributed by atoms with E-state index >= 15 is 0 Å². The van der Waals surface area contributed by atoms with Gasteiger partial charge in [0.25, 0.3) is 0 Å². The zero-order valence-electron chi connectivity index (χ0n) is 18.6. The highest BCUT2D eigenvalue weighted by Gasteiger charge is 2.30. The van der Waals surface area contributed by atoms with Gasteiger partial charge in [-0.2, -0.15) is 0 Å². The number of ether oxygens (including phenoxy) is 1. The number of aliphatic carboxylic acids is 1. The molecule has 9 nitrogen and oxygen atoms in total. The van der Waals surface area contributed by atoms with Crippen LogP contribution in [0.5, 0.6) is 5.75 Å². The number of amidine groups is 1. The molecule has 2 aliphatic rings. The van der Waals surface area contributed by atoms with Gasteiger partial charge in [-0.15, -0.1) is 0 Å². The van der Waals surface area contributed by atoms with Crippen LogP contribution in [0.1, 0.15) is 42.1 Å². The van der Waals surface area contributed by atoms with E-state index in [1.165, 1.54) is 4.90 Å². The molecule has 6 N–H and O–H groups in total. The van der Waals surface area contributed by atoms with E-state index in [1.54, 1.807) is 6.07 Å². The monoisotopic (exact) mass is 461 g/mol. The lowest BCUT2D eigenvalue weighted by Gasteiger charge is -2.32. The molecular weight excluding hydrogens is 434 g/mol. The smallest absolute Gasteiger partial charge is 0.394 e. The molecule has 1 aliphatic heterocycles. The van der Waals surface area contributed by atoms with Crippen LogP contribution < -0.4 is 16.2 Å². The summed E-state index contributed by atoms with van der Waals surface area (Å²) in [6.45, 7) is 0.643. The number of piperidine rings is 1. The number of anilines is 1. The van der Waals surface area contributed by atoms with Crippen LogP contribution in [0.25, 0.3) is 5.57 Å². The summed E-state index contributed by atoms with van der Waals surface area (Å²) in [5.74, 6) is -1.96. The molecule has 2 heterocycles. The number of nitrogen functional groups attached to an aromatic ring is 2. The van der Waals surface area contributed by atoms with Crippen molar-refractivity contribution in [2.24, 2.45) is 5.73 Å². The number of nitrogens with one attached hydrogen (secondary N) is 1. The molecule has 1 saturated heterocycles. The third kappa shape index (κ3) is 4.93. The number of amides is 1. The summed E-state index contributed by atoms with van der Waals surface area (Å²) in [7, 11) is 0. The Labute approximate surface area is 197 Å². The van der Waals surface area contributed by atoms with Crippen LogP contribution in [0.3, 0.4) is 0 Å². The third-order valence-electron chi connectivity index (χ3n) is 6.01. The van der Waals surface area contributed by atoms with E-state index in [2.05, 4.69) is 0 Å². The quantitative estimate of drug-likeness (QED) is 0.303. The molecule has 2 aromatic rings. The second-order valence-electron chi connectivity index (χ2n) is 8.39. The molecule has 0 radical (unpaired) electrons. The molecule has 1 aliphatic carbocycles. The Morgan fingerprint density at radius 1 is 1.24 bits per heavy atom. The summed E-state index contributed by atoms with van der Waals surface area (Å²) in [6.07, 6.45) is 7.68. The highest BCUT2D eigenvalue weighted by Crippen LogP contribution is 2.33. The molecule has 34 heavy (non-hydrogen) atoms. The van der Waals surface area contributed by atoms with Crippen LogP contribution in [0.4, 0.5) is 5.69 Å². The molecule has 176 valence electrons. The summed E-state index contributed by atoms with van der Waals surface area (Å²) >= 11 is 0. The van der Waals surface area contributed by atoms with Crippen molar-refractivity contribution in [3.63, 3.8) is 0 Å². The Hall–Kier alpha value is -4.14. The summed E-state index contributed by atoms with van der Waals surface area (Å²) in [5, 5.41) is 17.1. The van der Waals surface area contributed by atoms with Gasteiger partial charge in [0.1, 0.15) is 17.7 Å².